The first-order valence-corrected chi connectivity index (χ1v) is 7.14. The van der Waals surface area contributed by atoms with Gasteiger partial charge in [-0.3, -0.25) is 14.5 Å². The van der Waals surface area contributed by atoms with Crippen molar-refractivity contribution >= 4 is 29.5 Å². The van der Waals surface area contributed by atoms with E-state index in [1.54, 1.807) is 29.7 Å². The minimum absolute atomic E-state index is 0.309. The summed E-state index contributed by atoms with van der Waals surface area (Å²) in [4.78, 5) is 37.3. The van der Waals surface area contributed by atoms with Crippen molar-refractivity contribution in [3.05, 3.63) is 46.9 Å². The van der Waals surface area contributed by atoms with Crippen LogP contribution in [0.25, 0.3) is 0 Å². The van der Waals surface area contributed by atoms with E-state index >= 15 is 0 Å². The molecule has 1 heterocycles. The molecule has 20 heavy (non-hydrogen) atoms. The van der Waals surface area contributed by atoms with E-state index in [0.717, 1.165) is 4.90 Å². The van der Waals surface area contributed by atoms with Crippen LogP contribution in [0.1, 0.15) is 20.7 Å². The van der Waals surface area contributed by atoms with E-state index in [1.165, 1.54) is 24.9 Å². The Balaban J connectivity index is 2.41. The lowest BCUT2D eigenvalue weighted by Crippen LogP contribution is -2.44. The topological polar surface area (TPSA) is 63.7 Å². The predicted molar refractivity (Wildman–Crippen MR) is 75.4 cm³/mol. The number of nitrogens with zero attached hydrogens (tertiary/aromatic N) is 1. The second kappa shape index (κ2) is 5.92. The number of benzene rings is 1. The molecule has 0 aromatic heterocycles. The number of thioether (sulfide) groups is 1. The molecule has 6 heteroatoms. The van der Waals surface area contributed by atoms with Gasteiger partial charge in [0, 0.05) is 0 Å². The van der Waals surface area contributed by atoms with Gasteiger partial charge >= 0.3 is 5.97 Å². The van der Waals surface area contributed by atoms with Gasteiger partial charge in [0.15, 0.2) is 6.04 Å². The van der Waals surface area contributed by atoms with Crippen LogP contribution in [0.3, 0.4) is 0 Å². The molecule has 2 amide bonds. The summed E-state index contributed by atoms with van der Waals surface area (Å²) in [6.07, 6.45) is 3.30. The summed E-state index contributed by atoms with van der Waals surface area (Å²) in [6.45, 7) is 0. The van der Waals surface area contributed by atoms with E-state index in [1.807, 2.05) is 6.26 Å². The van der Waals surface area contributed by atoms with Gasteiger partial charge in [-0.05, 0) is 29.9 Å². The Kier molecular flexibility index (Phi) is 4.24. The van der Waals surface area contributed by atoms with Crippen molar-refractivity contribution in [2.45, 2.75) is 6.04 Å². The Morgan fingerprint density at radius 3 is 2.25 bits per heavy atom. The van der Waals surface area contributed by atoms with Gasteiger partial charge in [0.05, 0.1) is 18.2 Å². The molecule has 5 nitrogen and oxygen atoms in total. The van der Waals surface area contributed by atoms with Gasteiger partial charge in [0.1, 0.15) is 0 Å². The van der Waals surface area contributed by atoms with Crippen molar-refractivity contribution < 1.29 is 19.1 Å². The number of hydrogen-bond acceptors (Lipinski definition) is 5. The average Bonchev–Trinajstić information content (AvgIpc) is 2.73. The first-order chi connectivity index (χ1) is 9.61. The number of methoxy groups -OCH3 is 1. The van der Waals surface area contributed by atoms with E-state index in [0.29, 0.717) is 11.1 Å². The van der Waals surface area contributed by atoms with Gasteiger partial charge in [-0.2, -0.15) is 0 Å². The quantitative estimate of drug-likeness (QED) is 0.624. The summed E-state index contributed by atoms with van der Waals surface area (Å²) in [5.41, 5.74) is 0.618. The van der Waals surface area contributed by atoms with Crippen LogP contribution in [0, 0.1) is 0 Å². The SMILES string of the molecule is COC(=O)[C@H](/C=C/SC)N1C(=O)c2ccccc2C1=O. The van der Waals surface area contributed by atoms with Crippen LogP contribution in [0.2, 0.25) is 0 Å². The highest BCUT2D eigenvalue weighted by molar-refractivity contribution is 8.01. The summed E-state index contributed by atoms with van der Waals surface area (Å²) in [5.74, 6) is -1.61. The standard InChI is InChI=1S/C14H13NO4S/c1-19-14(18)11(7-8-20-2)15-12(16)9-5-3-4-6-10(9)13(15)17/h3-8,11H,1-2H3/b8-7+/t11-/m0/s1. The molecule has 0 saturated carbocycles. The van der Waals surface area contributed by atoms with Crippen molar-refractivity contribution in [2.24, 2.45) is 0 Å². The summed E-state index contributed by atoms with van der Waals surface area (Å²) in [7, 11) is 1.22. The largest absolute Gasteiger partial charge is 0.467 e. The third-order valence-corrected chi connectivity index (χ3v) is 3.37. The first-order valence-electron chi connectivity index (χ1n) is 5.86. The van der Waals surface area contributed by atoms with Gasteiger partial charge < -0.3 is 4.74 Å². The predicted octanol–water partition coefficient (Wildman–Crippen LogP) is 1.70. The van der Waals surface area contributed by atoms with Gasteiger partial charge in [-0.15, -0.1) is 11.8 Å². The lowest BCUT2D eigenvalue weighted by molar-refractivity contribution is -0.143. The monoisotopic (exact) mass is 291 g/mol. The number of amides is 2. The van der Waals surface area contributed by atoms with E-state index < -0.39 is 23.8 Å². The van der Waals surface area contributed by atoms with Gasteiger partial charge in [-0.1, -0.05) is 12.1 Å². The van der Waals surface area contributed by atoms with Crippen LogP contribution in [0.4, 0.5) is 0 Å². The van der Waals surface area contributed by atoms with Gasteiger partial charge in [-0.25, -0.2) is 4.79 Å². The fraction of sp³-hybridized carbons (Fsp3) is 0.214. The van der Waals surface area contributed by atoms with E-state index in [9.17, 15) is 14.4 Å². The van der Waals surface area contributed by atoms with Crippen molar-refractivity contribution in [1.82, 2.24) is 4.90 Å². The molecule has 1 aromatic rings. The molecular weight excluding hydrogens is 278 g/mol. The summed E-state index contributed by atoms with van der Waals surface area (Å²) < 4.78 is 4.67. The number of carbonyl (C=O) groups excluding carboxylic acids is 3. The van der Waals surface area contributed by atoms with Crippen LogP contribution in [0.5, 0.6) is 0 Å². The van der Waals surface area contributed by atoms with Crippen LogP contribution in [-0.2, 0) is 9.53 Å². The third-order valence-electron chi connectivity index (χ3n) is 2.94. The maximum Gasteiger partial charge on any atom is 0.333 e. The molecule has 0 saturated heterocycles. The molecule has 0 radical (unpaired) electrons. The highest BCUT2D eigenvalue weighted by Gasteiger charge is 2.42. The zero-order valence-corrected chi connectivity index (χ0v) is 11.8. The number of carbonyl (C=O) groups is 3. The summed E-state index contributed by atoms with van der Waals surface area (Å²) >= 11 is 1.37. The molecule has 0 fully saturated rings. The number of esters is 1. The number of fused-ring (bicyclic) bond motifs is 1. The molecule has 0 bridgehead atoms. The van der Waals surface area contributed by atoms with Crippen molar-refractivity contribution in [3.63, 3.8) is 0 Å². The summed E-state index contributed by atoms with van der Waals surface area (Å²) in [5, 5.41) is 1.64. The van der Waals surface area contributed by atoms with E-state index in [-0.39, 0.29) is 0 Å². The Labute approximate surface area is 120 Å². The van der Waals surface area contributed by atoms with E-state index in [2.05, 4.69) is 4.74 Å². The fourth-order valence-electron chi connectivity index (χ4n) is 2.00. The van der Waals surface area contributed by atoms with Crippen molar-refractivity contribution in [1.29, 1.82) is 0 Å². The molecule has 2 rings (SSSR count). The lowest BCUT2D eigenvalue weighted by atomic mass is 10.1. The van der Waals surface area contributed by atoms with Gasteiger partial charge in [0.2, 0.25) is 0 Å². The maximum absolute atomic E-state index is 12.3. The van der Waals surface area contributed by atoms with Gasteiger partial charge in [0.25, 0.3) is 11.8 Å². The third kappa shape index (κ3) is 2.34. The van der Waals surface area contributed by atoms with Crippen molar-refractivity contribution in [2.75, 3.05) is 13.4 Å². The number of hydrogen-bond donors (Lipinski definition) is 0. The summed E-state index contributed by atoms with van der Waals surface area (Å²) in [6, 6.07) is 5.46. The van der Waals surface area contributed by atoms with Crippen LogP contribution in [0.15, 0.2) is 35.7 Å². The molecule has 0 aliphatic carbocycles. The molecule has 1 atom stereocenters. The Bertz CT molecular complexity index is 562. The molecule has 0 unspecified atom stereocenters. The maximum atomic E-state index is 12.3. The first kappa shape index (κ1) is 14.3. The zero-order valence-electron chi connectivity index (χ0n) is 11.0. The number of ether oxygens (including phenoxy) is 1. The molecule has 1 aliphatic heterocycles. The van der Waals surface area contributed by atoms with E-state index in [4.69, 9.17) is 0 Å². The second-order valence-corrected chi connectivity index (χ2v) is 4.80. The lowest BCUT2D eigenvalue weighted by Gasteiger charge is -2.20. The highest BCUT2D eigenvalue weighted by atomic mass is 32.2. The van der Waals surface area contributed by atoms with Crippen molar-refractivity contribution in [3.8, 4) is 0 Å². The molecule has 1 aliphatic rings. The smallest absolute Gasteiger partial charge is 0.333 e. The molecule has 1 aromatic carbocycles. The highest BCUT2D eigenvalue weighted by Crippen LogP contribution is 2.25. The number of rotatable bonds is 4. The molecule has 104 valence electrons. The van der Waals surface area contributed by atoms with Crippen LogP contribution in [-0.4, -0.2) is 42.1 Å². The average molecular weight is 291 g/mol. The van der Waals surface area contributed by atoms with Crippen LogP contribution >= 0.6 is 11.8 Å². The fourth-order valence-corrected chi connectivity index (χ4v) is 2.31. The molecule has 0 spiro atoms. The molecule has 0 N–H and O–H groups in total. The zero-order chi connectivity index (χ0) is 14.7. The second-order valence-electron chi connectivity index (χ2n) is 4.06. The normalized spacial score (nSPS) is 15.6. The Morgan fingerprint density at radius 1 is 1.25 bits per heavy atom. The minimum atomic E-state index is -1.04. The molecular formula is C14H13NO4S. The Hall–Kier alpha value is -2.08. The van der Waals surface area contributed by atoms with Crippen LogP contribution < -0.4 is 0 Å². The number of imide groups is 1. The Morgan fingerprint density at radius 2 is 1.80 bits per heavy atom. The minimum Gasteiger partial charge on any atom is -0.467 e.